The largest absolute Gasteiger partial charge is 0.493 e. The lowest BCUT2D eigenvalue weighted by Crippen LogP contribution is -2.49. The van der Waals surface area contributed by atoms with Crippen LogP contribution in [0.1, 0.15) is 10.4 Å². The highest BCUT2D eigenvalue weighted by Gasteiger charge is 2.24. The molecule has 1 aromatic heterocycles. The molecule has 2 heterocycles. The highest BCUT2D eigenvalue weighted by atomic mass is 16.5. The van der Waals surface area contributed by atoms with Crippen LogP contribution in [0.5, 0.6) is 17.2 Å². The Kier molecular flexibility index (Phi) is 6.58. The van der Waals surface area contributed by atoms with Crippen molar-refractivity contribution in [2.75, 3.05) is 52.4 Å². The Balaban J connectivity index is 1.29. The topological polar surface area (TPSA) is 77.0 Å². The Bertz CT molecular complexity index is 1350. The van der Waals surface area contributed by atoms with Gasteiger partial charge in [-0.15, -0.1) is 10.2 Å². The molecule has 184 valence electrons. The van der Waals surface area contributed by atoms with Gasteiger partial charge >= 0.3 is 0 Å². The van der Waals surface area contributed by atoms with Crippen LogP contribution >= 0.6 is 0 Å². The second-order valence-corrected chi connectivity index (χ2v) is 8.50. The van der Waals surface area contributed by atoms with E-state index < -0.39 is 0 Å². The summed E-state index contributed by atoms with van der Waals surface area (Å²) in [4.78, 5) is 17.3. The maximum absolute atomic E-state index is 13.3. The number of aromatic nitrogens is 2. The number of carbonyl (C=O) groups excluding carboxylic acids is 1. The molecule has 0 unspecified atom stereocenters. The summed E-state index contributed by atoms with van der Waals surface area (Å²) in [5.41, 5.74) is 2.26. The van der Waals surface area contributed by atoms with Gasteiger partial charge in [0.1, 0.15) is 0 Å². The first-order chi connectivity index (χ1) is 17.6. The molecule has 4 aromatic rings. The van der Waals surface area contributed by atoms with Crippen molar-refractivity contribution < 1.29 is 19.0 Å². The van der Waals surface area contributed by atoms with E-state index in [1.807, 2.05) is 71.6 Å². The molecule has 0 aliphatic carbocycles. The predicted octanol–water partition coefficient (Wildman–Crippen LogP) is 4.29. The minimum Gasteiger partial charge on any atom is -0.493 e. The van der Waals surface area contributed by atoms with Crippen LogP contribution in [0.15, 0.2) is 66.7 Å². The Morgan fingerprint density at radius 2 is 1.47 bits per heavy atom. The van der Waals surface area contributed by atoms with E-state index in [9.17, 15) is 4.79 Å². The van der Waals surface area contributed by atoms with Crippen molar-refractivity contribution >= 4 is 22.5 Å². The van der Waals surface area contributed by atoms with E-state index in [0.717, 1.165) is 27.7 Å². The smallest absolute Gasteiger partial charge is 0.254 e. The van der Waals surface area contributed by atoms with Gasteiger partial charge in [-0.05, 0) is 41.1 Å². The third kappa shape index (κ3) is 4.37. The van der Waals surface area contributed by atoms with Crippen LogP contribution in [0.2, 0.25) is 0 Å². The summed E-state index contributed by atoms with van der Waals surface area (Å²) in [6, 6.07) is 21.5. The number of hydrogen-bond donors (Lipinski definition) is 0. The predicted molar refractivity (Wildman–Crippen MR) is 139 cm³/mol. The fourth-order valence-electron chi connectivity index (χ4n) is 4.60. The standard InChI is InChI=1S/C28H28N4O4/c1-34-24-17-20(18-25(35-2)27(24)36-3)23-11-12-26(30-29-23)31-13-15-32(16-14-31)28(33)22-10-6-8-19-7-4-5-9-21(19)22/h4-12,17-18H,13-16H2,1-3H3. The molecule has 1 aliphatic rings. The van der Waals surface area contributed by atoms with Crippen LogP contribution < -0.4 is 19.1 Å². The number of hydrogen-bond acceptors (Lipinski definition) is 7. The van der Waals surface area contributed by atoms with E-state index in [1.165, 1.54) is 0 Å². The normalized spacial score (nSPS) is 13.5. The van der Waals surface area contributed by atoms with Gasteiger partial charge in [-0.25, -0.2) is 0 Å². The van der Waals surface area contributed by atoms with E-state index in [-0.39, 0.29) is 5.91 Å². The molecule has 8 nitrogen and oxygen atoms in total. The number of nitrogens with zero attached hydrogens (tertiary/aromatic N) is 4. The number of ether oxygens (including phenoxy) is 3. The molecule has 0 atom stereocenters. The highest BCUT2D eigenvalue weighted by Crippen LogP contribution is 2.40. The number of amides is 1. The number of carbonyl (C=O) groups is 1. The Hall–Kier alpha value is -4.33. The number of benzene rings is 3. The fraction of sp³-hybridized carbons (Fsp3) is 0.250. The second kappa shape index (κ2) is 10.1. The fourth-order valence-corrected chi connectivity index (χ4v) is 4.60. The molecular weight excluding hydrogens is 456 g/mol. The van der Waals surface area contributed by atoms with Gasteiger partial charge < -0.3 is 24.0 Å². The van der Waals surface area contributed by atoms with Gasteiger partial charge in [-0.3, -0.25) is 4.79 Å². The summed E-state index contributed by atoms with van der Waals surface area (Å²) in [6.45, 7) is 2.63. The van der Waals surface area contributed by atoms with Gasteiger partial charge in [0.25, 0.3) is 5.91 Å². The van der Waals surface area contributed by atoms with Gasteiger partial charge in [-0.2, -0.15) is 0 Å². The average molecular weight is 485 g/mol. The molecule has 1 amide bonds. The molecule has 36 heavy (non-hydrogen) atoms. The lowest BCUT2D eigenvalue weighted by Gasteiger charge is -2.35. The summed E-state index contributed by atoms with van der Waals surface area (Å²) in [7, 11) is 4.74. The van der Waals surface area contributed by atoms with Crippen LogP contribution in [0.25, 0.3) is 22.0 Å². The zero-order chi connectivity index (χ0) is 25.1. The summed E-state index contributed by atoms with van der Waals surface area (Å²) in [5.74, 6) is 2.50. The van der Waals surface area contributed by atoms with Crippen LogP contribution in [0.4, 0.5) is 5.82 Å². The Labute approximate surface area is 210 Å². The van der Waals surface area contributed by atoms with E-state index in [1.54, 1.807) is 21.3 Å². The Morgan fingerprint density at radius 3 is 2.11 bits per heavy atom. The van der Waals surface area contributed by atoms with Crippen molar-refractivity contribution in [2.45, 2.75) is 0 Å². The average Bonchev–Trinajstić information content (AvgIpc) is 2.95. The van der Waals surface area contributed by atoms with E-state index >= 15 is 0 Å². The molecule has 0 spiro atoms. The van der Waals surface area contributed by atoms with Gasteiger partial charge in [-0.1, -0.05) is 36.4 Å². The molecule has 0 saturated carbocycles. The first kappa shape index (κ1) is 23.4. The third-order valence-electron chi connectivity index (χ3n) is 6.52. The summed E-state index contributed by atoms with van der Waals surface area (Å²) >= 11 is 0. The van der Waals surface area contributed by atoms with Crippen molar-refractivity contribution in [3.05, 3.63) is 72.3 Å². The molecule has 8 heteroatoms. The lowest BCUT2D eigenvalue weighted by molar-refractivity contribution is 0.0748. The highest BCUT2D eigenvalue weighted by molar-refractivity contribution is 6.07. The summed E-state index contributed by atoms with van der Waals surface area (Å²) < 4.78 is 16.3. The lowest BCUT2D eigenvalue weighted by atomic mass is 10.0. The molecule has 0 radical (unpaired) electrons. The van der Waals surface area contributed by atoms with Crippen molar-refractivity contribution in [2.24, 2.45) is 0 Å². The van der Waals surface area contributed by atoms with E-state index in [2.05, 4.69) is 15.1 Å². The summed E-state index contributed by atoms with van der Waals surface area (Å²) in [5, 5.41) is 11.0. The minimum absolute atomic E-state index is 0.0651. The second-order valence-electron chi connectivity index (χ2n) is 8.50. The number of anilines is 1. The maximum Gasteiger partial charge on any atom is 0.254 e. The number of rotatable bonds is 6. The maximum atomic E-state index is 13.3. The Morgan fingerprint density at radius 1 is 0.778 bits per heavy atom. The number of piperazine rings is 1. The molecule has 0 bridgehead atoms. The van der Waals surface area contributed by atoms with Crippen LogP contribution in [0.3, 0.4) is 0 Å². The van der Waals surface area contributed by atoms with Crippen molar-refractivity contribution in [3.63, 3.8) is 0 Å². The van der Waals surface area contributed by atoms with Crippen LogP contribution in [-0.2, 0) is 0 Å². The number of methoxy groups -OCH3 is 3. The molecule has 1 aliphatic heterocycles. The van der Waals surface area contributed by atoms with Gasteiger partial charge in [0.15, 0.2) is 17.3 Å². The molecule has 1 fully saturated rings. The van der Waals surface area contributed by atoms with Gasteiger partial charge in [0, 0.05) is 37.3 Å². The third-order valence-corrected chi connectivity index (χ3v) is 6.52. The molecule has 5 rings (SSSR count). The first-order valence-electron chi connectivity index (χ1n) is 11.8. The van der Waals surface area contributed by atoms with Gasteiger partial charge in [0.05, 0.1) is 27.0 Å². The van der Waals surface area contributed by atoms with Crippen LogP contribution in [-0.4, -0.2) is 68.5 Å². The number of fused-ring (bicyclic) bond motifs is 1. The van der Waals surface area contributed by atoms with E-state index in [0.29, 0.717) is 49.1 Å². The van der Waals surface area contributed by atoms with Crippen molar-refractivity contribution in [1.29, 1.82) is 0 Å². The quantitative estimate of drug-likeness (QED) is 0.404. The SMILES string of the molecule is COc1cc(-c2ccc(N3CCN(C(=O)c4cccc5ccccc45)CC3)nn2)cc(OC)c1OC. The molecule has 0 N–H and O–H groups in total. The van der Waals surface area contributed by atoms with Gasteiger partial charge in [0.2, 0.25) is 5.75 Å². The summed E-state index contributed by atoms with van der Waals surface area (Å²) in [6.07, 6.45) is 0. The van der Waals surface area contributed by atoms with Crippen molar-refractivity contribution in [3.8, 4) is 28.5 Å². The molecule has 1 saturated heterocycles. The molecular formula is C28H28N4O4. The monoisotopic (exact) mass is 484 g/mol. The first-order valence-corrected chi connectivity index (χ1v) is 11.8. The zero-order valence-corrected chi connectivity index (χ0v) is 20.6. The van der Waals surface area contributed by atoms with E-state index in [4.69, 9.17) is 14.2 Å². The minimum atomic E-state index is 0.0651. The van der Waals surface area contributed by atoms with Crippen molar-refractivity contribution in [1.82, 2.24) is 15.1 Å². The zero-order valence-electron chi connectivity index (χ0n) is 20.6. The molecule has 3 aromatic carbocycles. The van der Waals surface area contributed by atoms with Crippen LogP contribution in [0, 0.1) is 0 Å².